The fraction of sp³-hybridized carbons (Fsp3) is 0.0833. The molecule has 2 aromatic rings. The molecule has 0 spiro atoms. The summed E-state index contributed by atoms with van der Waals surface area (Å²) in [5.41, 5.74) is 0.00922. The van der Waals surface area contributed by atoms with Gasteiger partial charge in [-0.25, -0.2) is 8.78 Å². The lowest BCUT2D eigenvalue weighted by Gasteiger charge is -2.05. The summed E-state index contributed by atoms with van der Waals surface area (Å²) in [6.45, 7) is 0. The highest BCUT2D eigenvalue weighted by molar-refractivity contribution is 9.10. The zero-order valence-electron chi connectivity index (χ0n) is 9.03. The molecule has 0 saturated carbocycles. The molecular weight excluding hydrogens is 306 g/mol. The number of ketones is 1. The Balaban J connectivity index is 2.30. The van der Waals surface area contributed by atoms with E-state index in [-0.39, 0.29) is 22.0 Å². The number of hydrogen-bond acceptors (Lipinski definition) is 3. The van der Waals surface area contributed by atoms with Gasteiger partial charge in [0.05, 0.1) is 16.9 Å². The van der Waals surface area contributed by atoms with Gasteiger partial charge in [-0.05, 0) is 34.1 Å². The molecular formula is C12H7BrF2N2O. The Kier molecular flexibility index (Phi) is 3.76. The van der Waals surface area contributed by atoms with Crippen molar-refractivity contribution in [3.05, 3.63) is 57.8 Å². The van der Waals surface area contributed by atoms with Crippen molar-refractivity contribution < 1.29 is 13.6 Å². The quantitative estimate of drug-likeness (QED) is 0.646. The van der Waals surface area contributed by atoms with Crippen molar-refractivity contribution in [2.75, 3.05) is 0 Å². The number of aromatic nitrogens is 2. The van der Waals surface area contributed by atoms with E-state index in [9.17, 15) is 13.6 Å². The van der Waals surface area contributed by atoms with Gasteiger partial charge in [0.25, 0.3) is 0 Å². The van der Waals surface area contributed by atoms with Crippen LogP contribution in [0, 0.1) is 11.6 Å². The van der Waals surface area contributed by atoms with E-state index < -0.39 is 17.4 Å². The van der Waals surface area contributed by atoms with Crippen LogP contribution in [-0.2, 0) is 6.42 Å². The van der Waals surface area contributed by atoms with Gasteiger partial charge in [-0.3, -0.25) is 4.79 Å². The van der Waals surface area contributed by atoms with Gasteiger partial charge < -0.3 is 0 Å². The first-order chi connectivity index (χ1) is 8.59. The summed E-state index contributed by atoms with van der Waals surface area (Å²) in [5.74, 6) is -1.92. The number of halogens is 3. The molecule has 18 heavy (non-hydrogen) atoms. The van der Waals surface area contributed by atoms with Crippen LogP contribution in [-0.4, -0.2) is 16.0 Å². The van der Waals surface area contributed by atoms with Crippen LogP contribution in [0.25, 0.3) is 0 Å². The predicted octanol–water partition coefficient (Wildman–Crippen LogP) is 2.94. The minimum absolute atomic E-state index is 0.125. The Morgan fingerprint density at radius 2 is 2.00 bits per heavy atom. The first kappa shape index (κ1) is 12.8. The second-order valence-electron chi connectivity index (χ2n) is 3.55. The van der Waals surface area contributed by atoms with E-state index in [0.29, 0.717) is 0 Å². The summed E-state index contributed by atoms with van der Waals surface area (Å²) in [7, 11) is 0. The number of benzene rings is 1. The number of rotatable bonds is 3. The average Bonchev–Trinajstić information content (AvgIpc) is 2.40. The zero-order valence-corrected chi connectivity index (χ0v) is 10.6. The highest BCUT2D eigenvalue weighted by atomic mass is 79.9. The smallest absolute Gasteiger partial charge is 0.169 e. The van der Waals surface area contributed by atoms with Gasteiger partial charge in [0.1, 0.15) is 11.6 Å². The SMILES string of the molecule is O=C(Cc1c(F)ccc(Br)c1F)c1ccnnc1. The van der Waals surface area contributed by atoms with Crippen molar-refractivity contribution in [3.63, 3.8) is 0 Å². The maximum Gasteiger partial charge on any atom is 0.169 e. The van der Waals surface area contributed by atoms with E-state index in [1.54, 1.807) is 0 Å². The van der Waals surface area contributed by atoms with Crippen molar-refractivity contribution in [1.82, 2.24) is 10.2 Å². The normalized spacial score (nSPS) is 10.4. The minimum Gasteiger partial charge on any atom is -0.294 e. The fourth-order valence-electron chi connectivity index (χ4n) is 1.45. The Labute approximate surface area is 110 Å². The maximum absolute atomic E-state index is 13.7. The van der Waals surface area contributed by atoms with Crippen LogP contribution in [0.2, 0.25) is 0 Å². The van der Waals surface area contributed by atoms with E-state index in [1.807, 2.05) is 0 Å². The van der Waals surface area contributed by atoms with E-state index in [1.165, 1.54) is 24.5 Å². The molecule has 1 heterocycles. The minimum atomic E-state index is -0.759. The van der Waals surface area contributed by atoms with Crippen LogP contribution < -0.4 is 0 Å². The molecule has 0 bridgehead atoms. The highest BCUT2D eigenvalue weighted by Gasteiger charge is 2.16. The summed E-state index contributed by atoms with van der Waals surface area (Å²) < 4.78 is 27.3. The Morgan fingerprint density at radius 3 is 2.67 bits per heavy atom. The summed E-state index contributed by atoms with van der Waals surface area (Å²) >= 11 is 2.95. The molecule has 92 valence electrons. The number of hydrogen-bond donors (Lipinski definition) is 0. The second-order valence-corrected chi connectivity index (χ2v) is 4.41. The number of carbonyl (C=O) groups excluding carboxylic acids is 1. The van der Waals surface area contributed by atoms with Gasteiger partial charge in [0, 0.05) is 17.5 Å². The largest absolute Gasteiger partial charge is 0.294 e. The fourth-order valence-corrected chi connectivity index (χ4v) is 1.82. The molecule has 0 unspecified atom stereocenters. The Morgan fingerprint density at radius 1 is 1.22 bits per heavy atom. The summed E-state index contributed by atoms with van der Waals surface area (Å²) in [5, 5.41) is 7.07. The third-order valence-electron chi connectivity index (χ3n) is 2.38. The van der Waals surface area contributed by atoms with Crippen LogP contribution in [0.3, 0.4) is 0 Å². The van der Waals surface area contributed by atoms with E-state index in [4.69, 9.17) is 0 Å². The molecule has 0 saturated heterocycles. The Bertz CT molecular complexity index is 590. The molecule has 0 atom stereocenters. The van der Waals surface area contributed by atoms with Crippen molar-refractivity contribution >= 4 is 21.7 Å². The molecule has 3 nitrogen and oxygen atoms in total. The van der Waals surface area contributed by atoms with Gasteiger partial charge in [0.15, 0.2) is 5.78 Å². The van der Waals surface area contributed by atoms with E-state index >= 15 is 0 Å². The first-order valence-corrected chi connectivity index (χ1v) is 5.81. The molecule has 0 aliphatic carbocycles. The van der Waals surface area contributed by atoms with Gasteiger partial charge in [-0.1, -0.05) is 0 Å². The van der Waals surface area contributed by atoms with Crippen molar-refractivity contribution in [3.8, 4) is 0 Å². The molecule has 0 N–H and O–H groups in total. The van der Waals surface area contributed by atoms with Crippen LogP contribution >= 0.6 is 15.9 Å². The standard InChI is InChI=1S/C12H7BrF2N2O/c13-9-1-2-10(14)8(12(9)15)5-11(18)7-3-4-16-17-6-7/h1-4,6H,5H2. The zero-order chi connectivity index (χ0) is 13.1. The third kappa shape index (κ3) is 2.59. The topological polar surface area (TPSA) is 42.9 Å². The summed E-state index contributed by atoms with van der Waals surface area (Å²) in [6.07, 6.45) is 2.25. The monoisotopic (exact) mass is 312 g/mol. The number of carbonyl (C=O) groups is 1. The number of nitrogens with zero attached hydrogens (tertiary/aromatic N) is 2. The van der Waals surface area contributed by atoms with Crippen molar-refractivity contribution in [2.45, 2.75) is 6.42 Å². The van der Waals surface area contributed by atoms with Gasteiger partial charge in [0.2, 0.25) is 0 Å². The molecule has 0 fully saturated rings. The summed E-state index contributed by atoms with van der Waals surface area (Å²) in [4.78, 5) is 11.8. The molecule has 0 aliphatic rings. The lowest BCUT2D eigenvalue weighted by Crippen LogP contribution is -2.08. The predicted molar refractivity (Wildman–Crippen MR) is 64.1 cm³/mol. The lowest BCUT2D eigenvalue weighted by atomic mass is 10.0. The van der Waals surface area contributed by atoms with Gasteiger partial charge >= 0.3 is 0 Å². The van der Waals surface area contributed by atoms with Gasteiger partial charge in [-0.15, -0.1) is 0 Å². The second kappa shape index (κ2) is 5.30. The van der Waals surface area contributed by atoms with Crippen molar-refractivity contribution in [2.24, 2.45) is 0 Å². The Hall–Kier alpha value is -1.69. The maximum atomic E-state index is 13.7. The van der Waals surface area contributed by atoms with Crippen LogP contribution in [0.5, 0.6) is 0 Å². The van der Waals surface area contributed by atoms with E-state index in [0.717, 1.165) is 6.07 Å². The molecule has 0 radical (unpaired) electrons. The van der Waals surface area contributed by atoms with Gasteiger partial charge in [-0.2, -0.15) is 10.2 Å². The lowest BCUT2D eigenvalue weighted by molar-refractivity contribution is 0.0990. The molecule has 1 aromatic heterocycles. The third-order valence-corrected chi connectivity index (χ3v) is 2.99. The first-order valence-electron chi connectivity index (χ1n) is 5.02. The molecule has 1 aromatic carbocycles. The number of Topliss-reactive ketones (excluding diaryl/α,β-unsaturated/α-hetero) is 1. The average molecular weight is 313 g/mol. The highest BCUT2D eigenvalue weighted by Crippen LogP contribution is 2.22. The van der Waals surface area contributed by atoms with Crippen molar-refractivity contribution in [1.29, 1.82) is 0 Å². The summed E-state index contributed by atoms with van der Waals surface area (Å²) in [6, 6.07) is 3.82. The molecule has 2 rings (SSSR count). The van der Waals surface area contributed by atoms with Crippen LogP contribution in [0.1, 0.15) is 15.9 Å². The van der Waals surface area contributed by atoms with E-state index in [2.05, 4.69) is 26.1 Å². The van der Waals surface area contributed by atoms with Crippen LogP contribution in [0.4, 0.5) is 8.78 Å². The molecule has 0 amide bonds. The molecule has 6 heteroatoms. The van der Waals surface area contributed by atoms with Crippen LogP contribution in [0.15, 0.2) is 35.1 Å². The molecule has 0 aliphatic heterocycles.